The molecule has 6 nitrogen and oxygen atoms in total. The van der Waals surface area contributed by atoms with E-state index in [2.05, 4.69) is 10.2 Å². The number of carbonyl (C=O) groups is 2. The van der Waals surface area contributed by atoms with Gasteiger partial charge in [-0.25, -0.2) is 0 Å². The molecule has 1 saturated heterocycles. The van der Waals surface area contributed by atoms with Crippen molar-refractivity contribution >= 4 is 11.8 Å². The van der Waals surface area contributed by atoms with E-state index >= 15 is 0 Å². The van der Waals surface area contributed by atoms with Crippen LogP contribution < -0.4 is 5.32 Å². The molecule has 0 unspecified atom stereocenters. The Morgan fingerprint density at radius 1 is 1.23 bits per heavy atom. The van der Waals surface area contributed by atoms with Crippen LogP contribution in [0.25, 0.3) is 0 Å². The van der Waals surface area contributed by atoms with E-state index in [1.807, 2.05) is 27.7 Å². The van der Waals surface area contributed by atoms with Crippen molar-refractivity contribution in [3.63, 3.8) is 0 Å². The van der Waals surface area contributed by atoms with E-state index < -0.39 is 0 Å². The summed E-state index contributed by atoms with van der Waals surface area (Å²) in [4.78, 5) is 28.4. The molecule has 0 saturated carbocycles. The molecule has 2 rings (SSSR count). The van der Waals surface area contributed by atoms with Crippen LogP contribution >= 0.6 is 0 Å². The lowest BCUT2D eigenvalue weighted by Crippen LogP contribution is -2.56. The largest absolute Gasteiger partial charge is 0.472 e. The molecule has 1 aliphatic heterocycles. The third kappa shape index (κ3) is 4.10. The minimum absolute atomic E-state index is 0.0137. The van der Waals surface area contributed by atoms with Crippen LogP contribution in [0.15, 0.2) is 23.0 Å². The predicted octanol–water partition coefficient (Wildman–Crippen LogP) is 1.34. The number of nitrogens with one attached hydrogen (secondary N) is 1. The average Bonchev–Trinajstić information content (AvgIpc) is 2.98. The summed E-state index contributed by atoms with van der Waals surface area (Å²) in [5, 5.41) is 3.00. The SMILES string of the molecule is C[C@H](C(=O)NC(C)(C)C)N1CCN(C(=O)c2ccoc2)CC1. The molecule has 2 amide bonds. The van der Waals surface area contributed by atoms with Gasteiger partial charge in [0.1, 0.15) is 6.26 Å². The van der Waals surface area contributed by atoms with E-state index in [0.29, 0.717) is 31.7 Å². The molecule has 1 N–H and O–H groups in total. The van der Waals surface area contributed by atoms with Gasteiger partial charge in [0.2, 0.25) is 5.91 Å². The van der Waals surface area contributed by atoms with Gasteiger partial charge in [-0.15, -0.1) is 0 Å². The van der Waals surface area contributed by atoms with Crippen LogP contribution in [0, 0.1) is 0 Å². The van der Waals surface area contributed by atoms with Crippen molar-refractivity contribution in [2.75, 3.05) is 26.2 Å². The second kappa shape index (κ2) is 6.52. The maximum absolute atomic E-state index is 12.2. The average molecular weight is 307 g/mol. The van der Waals surface area contributed by atoms with Gasteiger partial charge in [0.05, 0.1) is 17.9 Å². The van der Waals surface area contributed by atoms with Crippen LogP contribution in [-0.2, 0) is 4.79 Å². The molecular weight excluding hydrogens is 282 g/mol. The lowest BCUT2D eigenvalue weighted by molar-refractivity contribution is -0.127. The number of carbonyl (C=O) groups excluding carboxylic acids is 2. The summed E-state index contributed by atoms with van der Waals surface area (Å²) in [6.45, 7) is 10.5. The molecule has 122 valence electrons. The van der Waals surface area contributed by atoms with Gasteiger partial charge in [-0.05, 0) is 33.8 Å². The zero-order chi connectivity index (χ0) is 16.3. The summed E-state index contributed by atoms with van der Waals surface area (Å²) in [5.41, 5.74) is 0.344. The second-order valence-corrected chi connectivity index (χ2v) is 6.76. The molecule has 1 aliphatic rings. The van der Waals surface area contributed by atoms with E-state index in [-0.39, 0.29) is 23.4 Å². The fraction of sp³-hybridized carbons (Fsp3) is 0.625. The van der Waals surface area contributed by atoms with Crippen molar-refractivity contribution in [1.29, 1.82) is 0 Å². The van der Waals surface area contributed by atoms with Crippen molar-refractivity contribution in [3.05, 3.63) is 24.2 Å². The van der Waals surface area contributed by atoms with Crippen LogP contribution in [0.4, 0.5) is 0 Å². The first-order chi connectivity index (χ1) is 10.3. The summed E-state index contributed by atoms with van der Waals surface area (Å²) in [6.07, 6.45) is 2.97. The molecule has 2 heterocycles. The zero-order valence-electron chi connectivity index (χ0n) is 13.8. The Kier molecular flexibility index (Phi) is 4.90. The van der Waals surface area contributed by atoms with Gasteiger partial charge in [-0.1, -0.05) is 0 Å². The number of nitrogens with zero attached hydrogens (tertiary/aromatic N) is 2. The highest BCUT2D eigenvalue weighted by atomic mass is 16.3. The van der Waals surface area contributed by atoms with E-state index in [1.165, 1.54) is 12.5 Å². The third-order valence-electron chi connectivity index (χ3n) is 3.79. The predicted molar refractivity (Wildman–Crippen MR) is 83.5 cm³/mol. The van der Waals surface area contributed by atoms with Gasteiger partial charge in [-0.2, -0.15) is 0 Å². The number of hydrogen-bond acceptors (Lipinski definition) is 4. The monoisotopic (exact) mass is 307 g/mol. The molecule has 0 spiro atoms. The lowest BCUT2D eigenvalue weighted by atomic mass is 10.1. The quantitative estimate of drug-likeness (QED) is 0.915. The Hall–Kier alpha value is -1.82. The highest BCUT2D eigenvalue weighted by Crippen LogP contribution is 2.12. The smallest absolute Gasteiger partial charge is 0.257 e. The molecule has 1 fully saturated rings. The van der Waals surface area contributed by atoms with Gasteiger partial charge in [0, 0.05) is 31.7 Å². The van der Waals surface area contributed by atoms with Crippen LogP contribution in [-0.4, -0.2) is 59.4 Å². The summed E-state index contributed by atoms with van der Waals surface area (Å²) < 4.78 is 4.95. The molecule has 0 radical (unpaired) electrons. The maximum Gasteiger partial charge on any atom is 0.257 e. The molecule has 1 atom stereocenters. The topological polar surface area (TPSA) is 65.8 Å². The molecular formula is C16H25N3O3. The van der Waals surface area contributed by atoms with E-state index in [9.17, 15) is 9.59 Å². The number of rotatable bonds is 3. The van der Waals surface area contributed by atoms with Crippen molar-refractivity contribution in [2.45, 2.75) is 39.3 Å². The van der Waals surface area contributed by atoms with Gasteiger partial charge in [0.15, 0.2) is 0 Å². The Morgan fingerprint density at radius 2 is 1.86 bits per heavy atom. The normalized spacial score (nSPS) is 18.1. The van der Waals surface area contributed by atoms with Gasteiger partial charge in [0.25, 0.3) is 5.91 Å². The zero-order valence-corrected chi connectivity index (χ0v) is 13.8. The highest BCUT2D eigenvalue weighted by Gasteiger charge is 2.29. The Labute approximate surface area is 131 Å². The summed E-state index contributed by atoms with van der Waals surface area (Å²) in [6, 6.07) is 1.49. The fourth-order valence-corrected chi connectivity index (χ4v) is 2.52. The first-order valence-electron chi connectivity index (χ1n) is 7.65. The van der Waals surface area contributed by atoms with E-state index in [4.69, 9.17) is 4.42 Å². The van der Waals surface area contributed by atoms with Crippen LogP contribution in [0.2, 0.25) is 0 Å². The summed E-state index contributed by atoms with van der Waals surface area (Å²) >= 11 is 0. The summed E-state index contributed by atoms with van der Waals surface area (Å²) in [7, 11) is 0. The van der Waals surface area contributed by atoms with Crippen LogP contribution in [0.5, 0.6) is 0 Å². The summed E-state index contributed by atoms with van der Waals surface area (Å²) in [5.74, 6) is 0.0160. The van der Waals surface area contributed by atoms with Gasteiger partial charge < -0.3 is 14.6 Å². The Bertz CT molecular complexity index is 511. The molecule has 6 heteroatoms. The Morgan fingerprint density at radius 3 is 2.36 bits per heavy atom. The first kappa shape index (κ1) is 16.5. The molecule has 0 bridgehead atoms. The number of hydrogen-bond donors (Lipinski definition) is 1. The number of amides is 2. The van der Waals surface area contributed by atoms with Crippen LogP contribution in [0.1, 0.15) is 38.1 Å². The molecule has 0 aromatic carbocycles. The standard InChI is InChI=1S/C16H25N3O3/c1-12(14(20)17-16(2,3)4)18-6-8-19(9-7-18)15(21)13-5-10-22-11-13/h5,10-12H,6-9H2,1-4H3,(H,17,20)/t12-/m1/s1. The molecule has 0 aliphatic carbocycles. The lowest BCUT2D eigenvalue weighted by Gasteiger charge is -2.38. The maximum atomic E-state index is 12.2. The van der Waals surface area contributed by atoms with Gasteiger partial charge >= 0.3 is 0 Å². The Balaban J connectivity index is 1.86. The fourth-order valence-electron chi connectivity index (χ4n) is 2.52. The van der Waals surface area contributed by atoms with Crippen molar-refractivity contribution < 1.29 is 14.0 Å². The van der Waals surface area contributed by atoms with Crippen molar-refractivity contribution in [2.24, 2.45) is 0 Å². The number of piperazine rings is 1. The molecule has 1 aromatic heterocycles. The van der Waals surface area contributed by atoms with Crippen LogP contribution in [0.3, 0.4) is 0 Å². The van der Waals surface area contributed by atoms with Crippen molar-refractivity contribution in [1.82, 2.24) is 15.1 Å². The minimum Gasteiger partial charge on any atom is -0.472 e. The molecule has 1 aromatic rings. The van der Waals surface area contributed by atoms with Crippen molar-refractivity contribution in [3.8, 4) is 0 Å². The van der Waals surface area contributed by atoms with E-state index in [0.717, 1.165) is 0 Å². The minimum atomic E-state index is -0.232. The van der Waals surface area contributed by atoms with E-state index in [1.54, 1.807) is 11.0 Å². The third-order valence-corrected chi connectivity index (χ3v) is 3.79. The second-order valence-electron chi connectivity index (χ2n) is 6.76. The molecule has 22 heavy (non-hydrogen) atoms. The van der Waals surface area contributed by atoms with Gasteiger partial charge in [-0.3, -0.25) is 14.5 Å². The highest BCUT2D eigenvalue weighted by molar-refractivity contribution is 5.93. The number of furan rings is 1. The first-order valence-corrected chi connectivity index (χ1v) is 7.65.